The average Bonchev–Trinajstić information content (AvgIpc) is 2.85. The number of nitrogens with zero attached hydrogens (tertiary/aromatic N) is 2. The molecule has 2 heterocycles. The van der Waals surface area contributed by atoms with Crippen LogP contribution < -0.4 is 5.73 Å². The molecule has 5 nitrogen and oxygen atoms in total. The predicted octanol–water partition coefficient (Wildman–Crippen LogP) is 0.0255. The standard InChI is InChI=1S/C10H15N3O2/c1-13-5-8(4-12-13)9(11)10(14)7-2-3-15-6-7/h4-5,7,9H,2-3,6,11H2,1H3. The fourth-order valence-electron chi connectivity index (χ4n) is 1.78. The van der Waals surface area contributed by atoms with Gasteiger partial charge in [-0.2, -0.15) is 5.10 Å². The number of rotatable bonds is 3. The van der Waals surface area contributed by atoms with Gasteiger partial charge in [0.25, 0.3) is 0 Å². The zero-order chi connectivity index (χ0) is 10.8. The minimum Gasteiger partial charge on any atom is -0.381 e. The average molecular weight is 209 g/mol. The topological polar surface area (TPSA) is 70.1 Å². The smallest absolute Gasteiger partial charge is 0.159 e. The summed E-state index contributed by atoms with van der Waals surface area (Å²) in [5.41, 5.74) is 6.65. The fourth-order valence-corrected chi connectivity index (χ4v) is 1.78. The number of ketones is 1. The molecule has 2 unspecified atom stereocenters. The quantitative estimate of drug-likeness (QED) is 0.762. The first kappa shape index (κ1) is 10.3. The molecular weight excluding hydrogens is 194 g/mol. The van der Waals surface area contributed by atoms with E-state index in [1.807, 2.05) is 0 Å². The van der Waals surface area contributed by atoms with Crippen LogP contribution in [0.2, 0.25) is 0 Å². The van der Waals surface area contributed by atoms with Crippen LogP contribution in [0, 0.1) is 5.92 Å². The molecule has 0 radical (unpaired) electrons. The van der Waals surface area contributed by atoms with E-state index in [4.69, 9.17) is 10.5 Å². The van der Waals surface area contributed by atoms with E-state index in [1.54, 1.807) is 24.1 Å². The first-order valence-electron chi connectivity index (χ1n) is 5.04. The number of hydrogen-bond acceptors (Lipinski definition) is 4. The molecule has 0 aliphatic carbocycles. The molecule has 2 N–H and O–H groups in total. The summed E-state index contributed by atoms with van der Waals surface area (Å²) < 4.78 is 6.82. The summed E-state index contributed by atoms with van der Waals surface area (Å²) in [5, 5.41) is 4.00. The third-order valence-corrected chi connectivity index (χ3v) is 2.72. The van der Waals surface area contributed by atoms with Gasteiger partial charge in [-0.15, -0.1) is 0 Å². The Morgan fingerprint density at radius 2 is 2.60 bits per heavy atom. The van der Waals surface area contributed by atoms with Gasteiger partial charge in [0, 0.05) is 31.3 Å². The van der Waals surface area contributed by atoms with Crippen LogP contribution in [0.3, 0.4) is 0 Å². The molecule has 82 valence electrons. The lowest BCUT2D eigenvalue weighted by molar-refractivity contribution is -0.124. The van der Waals surface area contributed by atoms with Crippen molar-refractivity contribution >= 4 is 5.78 Å². The van der Waals surface area contributed by atoms with Gasteiger partial charge in [-0.25, -0.2) is 0 Å². The number of Topliss-reactive ketones (excluding diaryl/α,β-unsaturated/α-hetero) is 1. The summed E-state index contributed by atoms with van der Waals surface area (Å²) in [5.74, 6) is 0.0145. The van der Waals surface area contributed by atoms with Crippen molar-refractivity contribution in [2.45, 2.75) is 12.5 Å². The van der Waals surface area contributed by atoms with Crippen molar-refractivity contribution in [3.8, 4) is 0 Å². The van der Waals surface area contributed by atoms with Gasteiger partial charge in [0.1, 0.15) is 0 Å². The summed E-state index contributed by atoms with van der Waals surface area (Å²) in [6.45, 7) is 1.17. The van der Waals surface area contributed by atoms with E-state index in [-0.39, 0.29) is 11.7 Å². The highest BCUT2D eigenvalue weighted by Gasteiger charge is 2.29. The number of ether oxygens (including phenoxy) is 1. The second kappa shape index (κ2) is 4.12. The maximum absolute atomic E-state index is 11.9. The van der Waals surface area contributed by atoms with Crippen molar-refractivity contribution in [3.63, 3.8) is 0 Å². The second-order valence-electron chi connectivity index (χ2n) is 3.89. The highest BCUT2D eigenvalue weighted by molar-refractivity contribution is 5.87. The summed E-state index contributed by atoms with van der Waals surface area (Å²) >= 11 is 0. The van der Waals surface area contributed by atoms with Gasteiger partial charge in [0.15, 0.2) is 5.78 Å². The van der Waals surface area contributed by atoms with Crippen LogP contribution in [-0.4, -0.2) is 28.8 Å². The van der Waals surface area contributed by atoms with Crippen molar-refractivity contribution in [2.75, 3.05) is 13.2 Å². The lowest BCUT2D eigenvalue weighted by atomic mass is 9.95. The van der Waals surface area contributed by atoms with Crippen LogP contribution in [0.5, 0.6) is 0 Å². The number of hydrogen-bond donors (Lipinski definition) is 1. The van der Waals surface area contributed by atoms with Crippen molar-refractivity contribution in [1.82, 2.24) is 9.78 Å². The van der Waals surface area contributed by atoms with Gasteiger partial charge in [0.2, 0.25) is 0 Å². The second-order valence-corrected chi connectivity index (χ2v) is 3.89. The molecular formula is C10H15N3O2. The molecule has 1 aliphatic heterocycles. The van der Waals surface area contributed by atoms with Crippen molar-refractivity contribution in [2.24, 2.45) is 18.7 Å². The first-order valence-corrected chi connectivity index (χ1v) is 5.04. The Kier molecular flexibility index (Phi) is 2.83. The Bertz CT molecular complexity index is 355. The molecule has 2 atom stereocenters. The molecule has 0 bridgehead atoms. The zero-order valence-electron chi connectivity index (χ0n) is 8.72. The predicted molar refractivity (Wildman–Crippen MR) is 54.1 cm³/mol. The van der Waals surface area contributed by atoms with Crippen molar-refractivity contribution < 1.29 is 9.53 Å². The van der Waals surface area contributed by atoms with Gasteiger partial charge >= 0.3 is 0 Å². The van der Waals surface area contributed by atoms with E-state index in [1.165, 1.54) is 0 Å². The molecule has 0 saturated carbocycles. The Balaban J connectivity index is 2.06. The number of carbonyl (C=O) groups excluding carboxylic acids is 1. The molecule has 1 saturated heterocycles. The van der Waals surface area contributed by atoms with Crippen LogP contribution in [0.15, 0.2) is 12.4 Å². The molecule has 5 heteroatoms. The summed E-state index contributed by atoms with van der Waals surface area (Å²) in [7, 11) is 1.80. The van der Waals surface area contributed by atoms with Crippen LogP contribution >= 0.6 is 0 Å². The molecule has 1 aliphatic rings. The maximum atomic E-state index is 11.9. The fraction of sp³-hybridized carbons (Fsp3) is 0.600. The molecule has 1 aromatic rings. The van der Waals surface area contributed by atoms with Crippen LogP contribution in [0.1, 0.15) is 18.0 Å². The molecule has 2 rings (SSSR count). The largest absolute Gasteiger partial charge is 0.381 e. The minimum absolute atomic E-state index is 0.0415. The molecule has 0 aromatic carbocycles. The highest BCUT2D eigenvalue weighted by atomic mass is 16.5. The van der Waals surface area contributed by atoms with E-state index in [0.29, 0.717) is 13.2 Å². The monoisotopic (exact) mass is 209 g/mol. The van der Waals surface area contributed by atoms with Crippen LogP contribution in [-0.2, 0) is 16.6 Å². The molecule has 1 fully saturated rings. The summed E-state index contributed by atoms with van der Waals surface area (Å²) in [6.07, 6.45) is 4.20. The lowest BCUT2D eigenvalue weighted by Crippen LogP contribution is -2.28. The Morgan fingerprint density at radius 1 is 1.80 bits per heavy atom. The van der Waals surface area contributed by atoms with Crippen LogP contribution in [0.25, 0.3) is 0 Å². The number of nitrogens with two attached hydrogens (primary N) is 1. The third-order valence-electron chi connectivity index (χ3n) is 2.72. The summed E-state index contributed by atoms with van der Waals surface area (Å²) in [4.78, 5) is 11.9. The third kappa shape index (κ3) is 2.08. The van der Waals surface area contributed by atoms with E-state index in [9.17, 15) is 4.79 Å². The van der Waals surface area contributed by atoms with E-state index in [2.05, 4.69) is 5.10 Å². The van der Waals surface area contributed by atoms with Gasteiger partial charge in [-0.05, 0) is 6.42 Å². The Labute approximate surface area is 88.2 Å². The summed E-state index contributed by atoms with van der Waals surface area (Å²) in [6, 6.07) is -0.564. The zero-order valence-corrected chi connectivity index (χ0v) is 8.72. The van der Waals surface area contributed by atoms with Crippen molar-refractivity contribution in [1.29, 1.82) is 0 Å². The normalized spacial score (nSPS) is 22.9. The lowest BCUT2D eigenvalue weighted by Gasteiger charge is -2.12. The molecule has 0 amide bonds. The molecule has 0 spiro atoms. The van der Waals surface area contributed by atoms with Gasteiger partial charge < -0.3 is 10.5 Å². The Hall–Kier alpha value is -1.20. The molecule has 1 aromatic heterocycles. The maximum Gasteiger partial charge on any atom is 0.159 e. The molecule has 15 heavy (non-hydrogen) atoms. The van der Waals surface area contributed by atoms with E-state index < -0.39 is 6.04 Å². The SMILES string of the molecule is Cn1cc(C(N)C(=O)C2CCOC2)cn1. The van der Waals surface area contributed by atoms with E-state index >= 15 is 0 Å². The van der Waals surface area contributed by atoms with Crippen molar-refractivity contribution in [3.05, 3.63) is 18.0 Å². The minimum atomic E-state index is -0.564. The highest BCUT2D eigenvalue weighted by Crippen LogP contribution is 2.21. The van der Waals surface area contributed by atoms with Gasteiger partial charge in [-0.1, -0.05) is 0 Å². The number of aromatic nitrogens is 2. The Morgan fingerprint density at radius 3 is 3.13 bits per heavy atom. The van der Waals surface area contributed by atoms with Gasteiger partial charge in [-0.3, -0.25) is 9.48 Å². The number of carbonyl (C=O) groups is 1. The van der Waals surface area contributed by atoms with Crippen LogP contribution in [0.4, 0.5) is 0 Å². The van der Waals surface area contributed by atoms with Gasteiger partial charge in [0.05, 0.1) is 18.8 Å². The number of aryl methyl sites for hydroxylation is 1. The van der Waals surface area contributed by atoms with E-state index in [0.717, 1.165) is 12.0 Å². The first-order chi connectivity index (χ1) is 7.18.